The first-order chi connectivity index (χ1) is 5.02. The molecule has 0 saturated carbocycles. The van der Waals surface area contributed by atoms with Crippen molar-refractivity contribution in [1.82, 2.24) is 20.6 Å². The van der Waals surface area contributed by atoms with E-state index in [2.05, 4.69) is 15.4 Å². The van der Waals surface area contributed by atoms with Crippen molar-refractivity contribution < 1.29 is 18.3 Å². The van der Waals surface area contributed by atoms with E-state index in [9.17, 15) is 13.2 Å². The number of alkyl halides is 3. The summed E-state index contributed by atoms with van der Waals surface area (Å²) in [5.41, 5.74) is 0. The minimum absolute atomic E-state index is 0.863. The van der Waals surface area contributed by atoms with Crippen molar-refractivity contribution in [2.75, 3.05) is 0 Å². The molecule has 0 fully saturated rings. The lowest BCUT2D eigenvalue weighted by Crippen LogP contribution is -2.22. The molecule has 5 nitrogen and oxygen atoms in total. The number of nitrogens with zero attached hydrogens (tertiary/aromatic N) is 3. The topological polar surface area (TPSA) is 74.7 Å². The summed E-state index contributed by atoms with van der Waals surface area (Å²) in [6.07, 6.45) is -6.68. The predicted molar refractivity (Wildman–Crippen MR) is 24.5 cm³/mol. The number of rotatable bonds is 1. The van der Waals surface area contributed by atoms with Gasteiger partial charge in [0.1, 0.15) is 0 Å². The van der Waals surface area contributed by atoms with Crippen LogP contribution in [0, 0.1) is 6.10 Å². The van der Waals surface area contributed by atoms with Crippen molar-refractivity contribution in [1.29, 1.82) is 0 Å². The largest absolute Gasteiger partial charge is 0.428 e. The van der Waals surface area contributed by atoms with E-state index in [1.807, 2.05) is 0 Å². The molecule has 0 bridgehead atoms. The van der Waals surface area contributed by atoms with Gasteiger partial charge in [-0.25, -0.2) is 0 Å². The van der Waals surface area contributed by atoms with Gasteiger partial charge in [-0.2, -0.15) is 18.4 Å². The van der Waals surface area contributed by atoms with Crippen LogP contribution in [-0.4, -0.2) is 31.9 Å². The number of aromatic amines is 1. The standard InChI is InChI=1S/C3H2F3N4O/c4-3(5,6)1(11)2-7-9-10-8-2/h11H,(H,7,8,9,10). The van der Waals surface area contributed by atoms with Gasteiger partial charge in [-0.15, -0.1) is 10.2 Å². The summed E-state index contributed by atoms with van der Waals surface area (Å²) >= 11 is 0. The zero-order valence-electron chi connectivity index (χ0n) is 4.92. The smallest absolute Gasteiger partial charge is 0.371 e. The number of aliphatic hydroxyl groups is 1. The van der Waals surface area contributed by atoms with Gasteiger partial charge in [-0.1, -0.05) is 5.21 Å². The second-order valence-corrected chi connectivity index (χ2v) is 1.58. The Labute approximate surface area is 58.2 Å². The summed E-state index contributed by atoms with van der Waals surface area (Å²) in [5, 5.41) is 18.8. The average Bonchev–Trinajstić information content (AvgIpc) is 2.34. The molecule has 0 saturated heterocycles. The van der Waals surface area contributed by atoms with Gasteiger partial charge in [0.25, 0.3) is 6.10 Å². The van der Waals surface area contributed by atoms with Crippen LogP contribution in [0.15, 0.2) is 0 Å². The first kappa shape index (κ1) is 7.92. The highest BCUT2D eigenvalue weighted by Gasteiger charge is 2.44. The van der Waals surface area contributed by atoms with Crippen LogP contribution < -0.4 is 0 Å². The van der Waals surface area contributed by atoms with Crippen molar-refractivity contribution in [3.05, 3.63) is 11.9 Å². The molecule has 0 aliphatic heterocycles. The average molecular weight is 167 g/mol. The second kappa shape index (κ2) is 2.46. The number of aromatic nitrogens is 4. The van der Waals surface area contributed by atoms with Crippen LogP contribution >= 0.6 is 0 Å². The summed E-state index contributed by atoms with van der Waals surface area (Å²) in [4.78, 5) is 0. The first-order valence-electron chi connectivity index (χ1n) is 2.38. The Kier molecular flexibility index (Phi) is 1.77. The molecule has 0 unspecified atom stereocenters. The molecule has 0 aliphatic rings. The lowest BCUT2D eigenvalue weighted by molar-refractivity contribution is -0.147. The van der Waals surface area contributed by atoms with E-state index in [0.717, 1.165) is 0 Å². The molecule has 0 aromatic carbocycles. The number of nitrogens with one attached hydrogen (secondary N) is 1. The molecular formula is C3H2F3N4O. The normalized spacial score (nSPS) is 12.5. The van der Waals surface area contributed by atoms with Crippen LogP contribution in [0.4, 0.5) is 13.2 Å². The minimum Gasteiger partial charge on any atom is -0.371 e. The van der Waals surface area contributed by atoms with E-state index in [-0.39, 0.29) is 0 Å². The van der Waals surface area contributed by atoms with Gasteiger partial charge < -0.3 is 5.11 Å². The number of halogens is 3. The first-order valence-corrected chi connectivity index (χ1v) is 2.38. The van der Waals surface area contributed by atoms with E-state index >= 15 is 0 Å². The molecule has 0 aliphatic carbocycles. The Morgan fingerprint density at radius 3 is 2.45 bits per heavy atom. The SMILES string of the molecule is O[C](c1nn[nH]n1)C(F)(F)F. The summed E-state index contributed by atoms with van der Waals surface area (Å²) < 4.78 is 34.8. The van der Waals surface area contributed by atoms with Gasteiger partial charge in [-0.05, 0) is 0 Å². The fourth-order valence-electron chi connectivity index (χ4n) is 0.389. The van der Waals surface area contributed by atoms with Crippen molar-refractivity contribution >= 4 is 0 Å². The molecule has 61 valence electrons. The molecule has 11 heavy (non-hydrogen) atoms. The van der Waals surface area contributed by atoms with E-state index in [0.29, 0.717) is 0 Å². The van der Waals surface area contributed by atoms with Crippen LogP contribution in [0.3, 0.4) is 0 Å². The van der Waals surface area contributed by atoms with Gasteiger partial charge in [0.15, 0.2) is 0 Å². The Balaban J connectivity index is 2.78. The molecule has 0 amide bonds. The molecule has 0 spiro atoms. The Bertz CT molecular complexity index is 219. The highest BCUT2D eigenvalue weighted by Crippen LogP contribution is 2.28. The van der Waals surface area contributed by atoms with Crippen molar-refractivity contribution in [2.45, 2.75) is 6.18 Å². The van der Waals surface area contributed by atoms with Gasteiger partial charge in [0.05, 0.1) is 0 Å². The maximum atomic E-state index is 11.6. The maximum absolute atomic E-state index is 11.6. The number of aliphatic hydroxyl groups excluding tert-OH is 1. The van der Waals surface area contributed by atoms with Crippen LogP contribution in [0.5, 0.6) is 0 Å². The quantitative estimate of drug-likeness (QED) is 0.618. The van der Waals surface area contributed by atoms with Gasteiger partial charge >= 0.3 is 6.18 Å². The fourth-order valence-corrected chi connectivity index (χ4v) is 0.389. The summed E-state index contributed by atoms with van der Waals surface area (Å²) in [5.74, 6) is -0.863. The molecule has 8 heteroatoms. The summed E-state index contributed by atoms with van der Waals surface area (Å²) in [6.45, 7) is 0. The number of tetrazole rings is 1. The summed E-state index contributed by atoms with van der Waals surface area (Å²) in [7, 11) is 0. The summed E-state index contributed by atoms with van der Waals surface area (Å²) in [6, 6.07) is 0. The lowest BCUT2D eigenvalue weighted by Gasteiger charge is -2.07. The zero-order valence-corrected chi connectivity index (χ0v) is 4.92. The molecular weight excluding hydrogens is 165 g/mol. The van der Waals surface area contributed by atoms with E-state index in [1.165, 1.54) is 0 Å². The Morgan fingerprint density at radius 1 is 1.45 bits per heavy atom. The highest BCUT2D eigenvalue weighted by atomic mass is 19.4. The molecule has 1 aromatic heterocycles. The number of hydrogen-bond donors (Lipinski definition) is 2. The van der Waals surface area contributed by atoms with Crippen molar-refractivity contribution in [3.63, 3.8) is 0 Å². The van der Waals surface area contributed by atoms with Crippen molar-refractivity contribution in [2.24, 2.45) is 0 Å². The molecule has 1 heterocycles. The monoisotopic (exact) mass is 167 g/mol. The van der Waals surface area contributed by atoms with Crippen LogP contribution in [-0.2, 0) is 0 Å². The molecule has 1 radical (unpaired) electrons. The third-order valence-corrected chi connectivity index (χ3v) is 0.826. The van der Waals surface area contributed by atoms with Gasteiger partial charge in [0, 0.05) is 0 Å². The number of hydrogen-bond acceptors (Lipinski definition) is 4. The highest BCUT2D eigenvalue weighted by molar-refractivity contribution is 5.08. The predicted octanol–water partition coefficient (Wildman–Crippen LogP) is 0.0146. The third-order valence-electron chi connectivity index (χ3n) is 0.826. The number of H-pyrrole nitrogens is 1. The maximum Gasteiger partial charge on any atom is 0.428 e. The van der Waals surface area contributed by atoms with Crippen LogP contribution in [0.25, 0.3) is 0 Å². The fraction of sp³-hybridized carbons (Fsp3) is 0.333. The van der Waals surface area contributed by atoms with E-state index in [4.69, 9.17) is 5.11 Å². The zero-order chi connectivity index (χ0) is 8.48. The Hall–Kier alpha value is -1.18. The third kappa shape index (κ3) is 1.64. The van der Waals surface area contributed by atoms with Crippen molar-refractivity contribution in [3.8, 4) is 0 Å². The molecule has 2 N–H and O–H groups in total. The van der Waals surface area contributed by atoms with E-state index in [1.54, 1.807) is 5.21 Å². The minimum atomic E-state index is -4.83. The Morgan fingerprint density at radius 2 is 2.09 bits per heavy atom. The van der Waals surface area contributed by atoms with Gasteiger partial charge in [0.2, 0.25) is 5.82 Å². The van der Waals surface area contributed by atoms with Crippen LogP contribution in [0.2, 0.25) is 0 Å². The molecule has 1 aromatic rings. The molecule has 1 rings (SSSR count). The second-order valence-electron chi connectivity index (χ2n) is 1.58. The molecule has 0 atom stereocenters. The lowest BCUT2D eigenvalue weighted by atomic mass is 10.3. The van der Waals surface area contributed by atoms with Gasteiger partial charge in [-0.3, -0.25) is 0 Å². The van der Waals surface area contributed by atoms with E-state index < -0.39 is 18.1 Å². The van der Waals surface area contributed by atoms with Crippen LogP contribution in [0.1, 0.15) is 5.82 Å².